The third kappa shape index (κ3) is 2.88. The largest absolute Gasteiger partial charge is 0.225 e. The van der Waals surface area contributed by atoms with Gasteiger partial charge in [-0.3, -0.25) is 0 Å². The van der Waals surface area contributed by atoms with E-state index in [2.05, 4.69) is 66.5 Å². The standard InChI is InChI=1S/C20H14ClNS/c1-13-4-2-5-14(10-13)15-6-3-7-16(11-15)18-12-17-8-9-19(21)22-20(17)23-18/h2-12H,1H3. The van der Waals surface area contributed by atoms with E-state index in [0.29, 0.717) is 5.15 Å². The number of aromatic nitrogens is 1. The molecule has 4 rings (SSSR count). The number of benzene rings is 2. The summed E-state index contributed by atoms with van der Waals surface area (Å²) in [6.45, 7) is 2.12. The van der Waals surface area contributed by atoms with Crippen LogP contribution >= 0.6 is 22.9 Å². The van der Waals surface area contributed by atoms with E-state index in [0.717, 1.165) is 10.2 Å². The Morgan fingerprint density at radius 1 is 0.826 bits per heavy atom. The van der Waals surface area contributed by atoms with Crippen molar-refractivity contribution < 1.29 is 0 Å². The van der Waals surface area contributed by atoms with E-state index < -0.39 is 0 Å². The van der Waals surface area contributed by atoms with E-state index in [1.165, 1.54) is 27.1 Å². The number of halogens is 1. The van der Waals surface area contributed by atoms with Gasteiger partial charge in [0.1, 0.15) is 9.98 Å². The van der Waals surface area contributed by atoms with Gasteiger partial charge >= 0.3 is 0 Å². The maximum atomic E-state index is 5.99. The molecule has 0 atom stereocenters. The highest BCUT2D eigenvalue weighted by Gasteiger charge is 2.07. The molecule has 2 aromatic carbocycles. The molecular weight excluding hydrogens is 322 g/mol. The highest BCUT2D eigenvalue weighted by atomic mass is 35.5. The monoisotopic (exact) mass is 335 g/mol. The molecule has 0 unspecified atom stereocenters. The Labute approximate surface area is 144 Å². The number of aryl methyl sites for hydroxylation is 1. The Hall–Kier alpha value is -2.16. The van der Waals surface area contributed by atoms with Gasteiger partial charge in [0, 0.05) is 10.3 Å². The molecule has 0 aliphatic carbocycles. The van der Waals surface area contributed by atoms with Crippen molar-refractivity contribution in [3.05, 3.63) is 77.4 Å². The van der Waals surface area contributed by atoms with Gasteiger partial charge < -0.3 is 0 Å². The first kappa shape index (κ1) is 14.4. The Balaban J connectivity index is 1.80. The normalized spacial score (nSPS) is 11.0. The number of hydrogen-bond donors (Lipinski definition) is 0. The van der Waals surface area contributed by atoms with Crippen molar-refractivity contribution in [2.45, 2.75) is 6.92 Å². The number of thiophene rings is 1. The fourth-order valence-corrected chi connectivity index (χ4v) is 3.94. The lowest BCUT2D eigenvalue weighted by atomic mass is 10.0. The predicted molar refractivity (Wildman–Crippen MR) is 100 cm³/mol. The smallest absolute Gasteiger partial charge is 0.130 e. The van der Waals surface area contributed by atoms with E-state index in [9.17, 15) is 0 Å². The van der Waals surface area contributed by atoms with Gasteiger partial charge in [0.15, 0.2) is 0 Å². The molecule has 0 amide bonds. The first-order chi connectivity index (χ1) is 11.2. The van der Waals surface area contributed by atoms with Gasteiger partial charge in [-0.05, 0) is 47.9 Å². The summed E-state index contributed by atoms with van der Waals surface area (Å²) < 4.78 is 0. The minimum Gasteiger partial charge on any atom is -0.225 e. The van der Waals surface area contributed by atoms with Gasteiger partial charge in [0.25, 0.3) is 0 Å². The summed E-state index contributed by atoms with van der Waals surface area (Å²) in [7, 11) is 0. The summed E-state index contributed by atoms with van der Waals surface area (Å²) in [5.74, 6) is 0. The van der Waals surface area contributed by atoms with E-state index in [1.54, 1.807) is 11.3 Å². The first-order valence-electron chi connectivity index (χ1n) is 7.43. The second kappa shape index (κ2) is 5.80. The summed E-state index contributed by atoms with van der Waals surface area (Å²) in [6, 6.07) is 23.3. The molecule has 2 aromatic heterocycles. The van der Waals surface area contributed by atoms with Crippen LogP contribution in [0.1, 0.15) is 5.56 Å². The fourth-order valence-electron chi connectivity index (χ4n) is 2.71. The quantitative estimate of drug-likeness (QED) is 0.376. The molecule has 23 heavy (non-hydrogen) atoms. The summed E-state index contributed by atoms with van der Waals surface area (Å²) in [4.78, 5) is 6.59. The molecular formula is C20H14ClNS. The first-order valence-corrected chi connectivity index (χ1v) is 8.62. The van der Waals surface area contributed by atoms with E-state index in [-0.39, 0.29) is 0 Å². The Morgan fingerprint density at radius 2 is 1.57 bits per heavy atom. The van der Waals surface area contributed by atoms with Gasteiger partial charge in [0.2, 0.25) is 0 Å². The summed E-state index contributed by atoms with van der Waals surface area (Å²) in [5, 5.41) is 1.68. The highest BCUT2D eigenvalue weighted by Crippen LogP contribution is 2.35. The molecule has 0 fully saturated rings. The fraction of sp³-hybridized carbons (Fsp3) is 0.0500. The molecule has 112 valence electrons. The zero-order valence-electron chi connectivity index (χ0n) is 12.6. The highest BCUT2D eigenvalue weighted by molar-refractivity contribution is 7.21. The Bertz CT molecular complexity index is 1000. The molecule has 0 bridgehead atoms. The summed E-state index contributed by atoms with van der Waals surface area (Å²) >= 11 is 7.67. The van der Waals surface area contributed by atoms with Gasteiger partial charge in [-0.15, -0.1) is 11.3 Å². The van der Waals surface area contributed by atoms with Crippen LogP contribution in [-0.4, -0.2) is 4.98 Å². The number of rotatable bonds is 2. The summed E-state index contributed by atoms with van der Waals surface area (Å²) in [6.07, 6.45) is 0. The van der Waals surface area contributed by atoms with E-state index >= 15 is 0 Å². The van der Waals surface area contributed by atoms with Gasteiger partial charge in [-0.25, -0.2) is 4.98 Å². The van der Waals surface area contributed by atoms with Crippen LogP contribution < -0.4 is 0 Å². The second-order valence-electron chi connectivity index (χ2n) is 5.59. The lowest BCUT2D eigenvalue weighted by molar-refractivity contribution is 1.44. The van der Waals surface area contributed by atoms with Crippen LogP contribution in [0, 0.1) is 6.92 Å². The second-order valence-corrected chi connectivity index (χ2v) is 7.01. The number of pyridine rings is 1. The number of fused-ring (bicyclic) bond motifs is 1. The van der Waals surface area contributed by atoms with Crippen LogP contribution in [0.25, 0.3) is 31.8 Å². The molecule has 4 aromatic rings. The van der Waals surface area contributed by atoms with Crippen molar-refractivity contribution in [1.82, 2.24) is 4.98 Å². The molecule has 3 heteroatoms. The average Bonchev–Trinajstić information content (AvgIpc) is 2.98. The van der Waals surface area contributed by atoms with Crippen molar-refractivity contribution in [2.75, 3.05) is 0 Å². The molecule has 1 nitrogen and oxygen atoms in total. The van der Waals surface area contributed by atoms with Crippen LogP contribution in [0.2, 0.25) is 5.15 Å². The zero-order valence-corrected chi connectivity index (χ0v) is 14.2. The minimum absolute atomic E-state index is 0.541. The van der Waals surface area contributed by atoms with Crippen molar-refractivity contribution >= 4 is 33.2 Å². The van der Waals surface area contributed by atoms with Crippen LogP contribution in [0.15, 0.2) is 66.7 Å². The number of nitrogens with zero attached hydrogens (tertiary/aromatic N) is 1. The SMILES string of the molecule is Cc1cccc(-c2cccc(-c3cc4ccc(Cl)nc4s3)c2)c1. The van der Waals surface area contributed by atoms with Gasteiger partial charge in [-0.1, -0.05) is 59.6 Å². The van der Waals surface area contributed by atoms with Crippen molar-refractivity contribution in [1.29, 1.82) is 0 Å². The van der Waals surface area contributed by atoms with Crippen LogP contribution in [-0.2, 0) is 0 Å². The van der Waals surface area contributed by atoms with E-state index in [4.69, 9.17) is 11.6 Å². The lowest BCUT2D eigenvalue weighted by Gasteiger charge is -2.05. The topological polar surface area (TPSA) is 12.9 Å². The number of hydrogen-bond acceptors (Lipinski definition) is 2. The maximum absolute atomic E-state index is 5.99. The van der Waals surface area contributed by atoms with Crippen LogP contribution in [0.4, 0.5) is 0 Å². The zero-order chi connectivity index (χ0) is 15.8. The molecule has 2 heterocycles. The van der Waals surface area contributed by atoms with Crippen molar-refractivity contribution in [2.24, 2.45) is 0 Å². The summed E-state index contributed by atoms with van der Waals surface area (Å²) in [5.41, 5.74) is 4.96. The van der Waals surface area contributed by atoms with Gasteiger partial charge in [-0.2, -0.15) is 0 Å². The third-order valence-corrected chi connectivity index (χ3v) is 5.15. The average molecular weight is 336 g/mol. The maximum Gasteiger partial charge on any atom is 0.130 e. The minimum atomic E-state index is 0.541. The Morgan fingerprint density at radius 3 is 2.39 bits per heavy atom. The van der Waals surface area contributed by atoms with E-state index in [1.807, 2.05) is 12.1 Å². The van der Waals surface area contributed by atoms with Gasteiger partial charge in [0.05, 0.1) is 0 Å². The molecule has 0 aliphatic heterocycles. The van der Waals surface area contributed by atoms with Crippen LogP contribution in [0.3, 0.4) is 0 Å². The molecule has 0 N–H and O–H groups in total. The molecule has 0 saturated carbocycles. The molecule has 0 radical (unpaired) electrons. The Kier molecular flexibility index (Phi) is 3.64. The predicted octanol–water partition coefficient (Wildman–Crippen LogP) is 6.59. The van der Waals surface area contributed by atoms with Crippen LogP contribution in [0.5, 0.6) is 0 Å². The molecule has 0 aliphatic rings. The molecule has 0 saturated heterocycles. The molecule has 0 spiro atoms. The van der Waals surface area contributed by atoms with Crippen molar-refractivity contribution in [3.63, 3.8) is 0 Å². The van der Waals surface area contributed by atoms with Crippen molar-refractivity contribution in [3.8, 4) is 21.6 Å². The lowest BCUT2D eigenvalue weighted by Crippen LogP contribution is -1.80. The third-order valence-electron chi connectivity index (χ3n) is 3.85.